The molecule has 2 aromatic rings. The maximum absolute atomic E-state index is 13.9. The topological polar surface area (TPSA) is 35.8 Å². The minimum absolute atomic E-state index is 0.0440. The molecule has 1 aromatic carbocycles. The first kappa shape index (κ1) is 12.4. The number of hydrogen-bond donors (Lipinski definition) is 1. The molecule has 0 amide bonds. The normalized spacial score (nSPS) is 18.1. The van der Waals surface area contributed by atoms with Gasteiger partial charge in [-0.25, -0.2) is 4.39 Å². The number of nitrogens with zero attached hydrogens (tertiary/aromatic N) is 2. The van der Waals surface area contributed by atoms with E-state index in [2.05, 4.69) is 9.89 Å². The van der Waals surface area contributed by atoms with Crippen LogP contribution in [-0.4, -0.2) is 34.9 Å². The number of amidine groups is 1. The number of rotatable bonds is 2. The maximum Gasteiger partial charge on any atom is 0.168 e. The highest BCUT2D eigenvalue weighted by Gasteiger charge is 2.33. The lowest BCUT2D eigenvalue weighted by Gasteiger charge is -2.18. The Morgan fingerprint density at radius 1 is 1.40 bits per heavy atom. The maximum atomic E-state index is 13.9. The summed E-state index contributed by atoms with van der Waals surface area (Å²) in [5, 5.41) is 13.5. The number of thioether (sulfide) groups is 1. The number of aliphatic hydroxyl groups is 1. The van der Waals surface area contributed by atoms with Crippen molar-refractivity contribution < 1.29 is 9.50 Å². The van der Waals surface area contributed by atoms with Crippen LogP contribution in [0, 0.1) is 5.82 Å². The molecule has 0 saturated heterocycles. The van der Waals surface area contributed by atoms with Gasteiger partial charge in [-0.2, -0.15) is 0 Å². The van der Waals surface area contributed by atoms with Crippen molar-refractivity contribution in [3.8, 4) is 0 Å². The molecule has 0 atom stereocenters. The molecular formula is C14H11FN2OS2. The molecule has 1 aromatic heterocycles. The Bertz CT molecular complexity index is 766. The second-order valence-electron chi connectivity index (χ2n) is 4.63. The van der Waals surface area contributed by atoms with Gasteiger partial charge in [-0.05, 0) is 23.6 Å². The molecule has 3 nitrogen and oxygen atoms in total. The Labute approximate surface area is 123 Å². The Morgan fingerprint density at radius 3 is 3.15 bits per heavy atom. The SMILES string of the molecule is OCC1=C(c2cc(F)cc3sccc23)N2CCN=C2S1. The Morgan fingerprint density at radius 2 is 2.30 bits per heavy atom. The van der Waals surface area contributed by atoms with E-state index in [0.29, 0.717) is 0 Å². The van der Waals surface area contributed by atoms with Crippen molar-refractivity contribution in [1.29, 1.82) is 0 Å². The van der Waals surface area contributed by atoms with Gasteiger partial charge in [0.25, 0.3) is 0 Å². The molecule has 0 unspecified atom stereocenters. The smallest absolute Gasteiger partial charge is 0.168 e. The van der Waals surface area contributed by atoms with Gasteiger partial charge in [-0.3, -0.25) is 4.99 Å². The first-order chi connectivity index (χ1) is 9.78. The fourth-order valence-corrected chi connectivity index (χ4v) is 4.55. The van der Waals surface area contributed by atoms with Crippen LogP contribution in [0.15, 0.2) is 33.5 Å². The zero-order chi connectivity index (χ0) is 13.7. The summed E-state index contributed by atoms with van der Waals surface area (Å²) in [6, 6.07) is 5.12. The van der Waals surface area contributed by atoms with Crippen LogP contribution in [0.4, 0.5) is 4.39 Å². The van der Waals surface area contributed by atoms with E-state index in [9.17, 15) is 9.50 Å². The van der Waals surface area contributed by atoms with Crippen LogP contribution in [0.3, 0.4) is 0 Å². The van der Waals surface area contributed by atoms with Gasteiger partial charge < -0.3 is 10.0 Å². The highest BCUT2D eigenvalue weighted by molar-refractivity contribution is 8.17. The molecule has 0 bridgehead atoms. The highest BCUT2D eigenvalue weighted by atomic mass is 32.2. The molecule has 4 rings (SSSR count). The molecule has 102 valence electrons. The number of fused-ring (bicyclic) bond motifs is 2. The fourth-order valence-electron chi connectivity index (χ4n) is 2.67. The molecule has 6 heteroatoms. The summed E-state index contributed by atoms with van der Waals surface area (Å²) in [6.45, 7) is 1.51. The first-order valence-corrected chi connectivity index (χ1v) is 7.98. The third-order valence-electron chi connectivity index (χ3n) is 3.49. The molecule has 0 aliphatic carbocycles. The summed E-state index contributed by atoms with van der Waals surface area (Å²) in [5.74, 6) is -0.241. The van der Waals surface area contributed by atoms with E-state index in [1.165, 1.54) is 23.1 Å². The predicted octanol–water partition coefficient (Wildman–Crippen LogP) is 3.12. The van der Waals surface area contributed by atoms with Crippen molar-refractivity contribution in [2.24, 2.45) is 4.99 Å². The van der Waals surface area contributed by atoms with Crippen molar-refractivity contribution in [3.05, 3.63) is 39.9 Å². The predicted molar refractivity (Wildman–Crippen MR) is 82.4 cm³/mol. The van der Waals surface area contributed by atoms with Gasteiger partial charge in [0.2, 0.25) is 0 Å². The largest absolute Gasteiger partial charge is 0.391 e. The molecule has 0 saturated carbocycles. The van der Waals surface area contributed by atoms with Crippen LogP contribution in [-0.2, 0) is 0 Å². The van der Waals surface area contributed by atoms with Crippen LogP contribution in [0.2, 0.25) is 0 Å². The molecular weight excluding hydrogens is 295 g/mol. The number of thiophene rings is 1. The van der Waals surface area contributed by atoms with Crippen LogP contribution in [0.1, 0.15) is 5.56 Å². The van der Waals surface area contributed by atoms with E-state index in [1.54, 1.807) is 12.1 Å². The minimum atomic E-state index is -0.241. The van der Waals surface area contributed by atoms with Crippen LogP contribution in [0.5, 0.6) is 0 Å². The quantitative estimate of drug-likeness (QED) is 0.926. The van der Waals surface area contributed by atoms with E-state index < -0.39 is 0 Å². The minimum Gasteiger partial charge on any atom is -0.391 e. The van der Waals surface area contributed by atoms with Gasteiger partial charge in [-0.15, -0.1) is 11.3 Å². The summed E-state index contributed by atoms with van der Waals surface area (Å²) in [7, 11) is 0. The highest BCUT2D eigenvalue weighted by Crippen LogP contribution is 2.43. The second-order valence-corrected chi connectivity index (χ2v) is 6.64. The number of aliphatic imine (C=N–C) groups is 1. The molecule has 0 radical (unpaired) electrons. The molecule has 0 fully saturated rings. The average molecular weight is 306 g/mol. The Hall–Kier alpha value is -1.37. The summed E-state index contributed by atoms with van der Waals surface area (Å²) in [4.78, 5) is 7.36. The molecule has 0 spiro atoms. The van der Waals surface area contributed by atoms with Gasteiger partial charge >= 0.3 is 0 Å². The van der Waals surface area contributed by atoms with Crippen molar-refractivity contribution in [1.82, 2.24) is 4.90 Å². The second kappa shape index (κ2) is 4.58. The zero-order valence-corrected chi connectivity index (χ0v) is 12.1. The molecule has 2 aliphatic rings. The number of hydrogen-bond acceptors (Lipinski definition) is 5. The third-order valence-corrected chi connectivity index (χ3v) is 5.45. The van der Waals surface area contributed by atoms with E-state index in [0.717, 1.165) is 44.5 Å². The monoisotopic (exact) mass is 306 g/mol. The lowest BCUT2D eigenvalue weighted by Crippen LogP contribution is -2.20. The van der Waals surface area contributed by atoms with Crippen molar-refractivity contribution >= 4 is 44.0 Å². The van der Waals surface area contributed by atoms with E-state index in [4.69, 9.17) is 0 Å². The molecule has 1 N–H and O–H groups in total. The standard InChI is InChI=1S/C14H11FN2OS2/c15-8-5-10(9-1-4-19-11(9)6-8)13-12(7-18)20-14-16-2-3-17(13)14/h1,4-6,18H,2-3,7H2. The van der Waals surface area contributed by atoms with Gasteiger partial charge in [0.05, 0.1) is 18.8 Å². The number of aliphatic hydroxyl groups excluding tert-OH is 1. The Balaban J connectivity index is 1.97. The van der Waals surface area contributed by atoms with Crippen molar-refractivity contribution in [2.45, 2.75) is 0 Å². The third kappa shape index (κ3) is 1.72. The summed E-state index contributed by atoms with van der Waals surface area (Å²) >= 11 is 3.02. The van der Waals surface area contributed by atoms with Gasteiger partial charge in [-0.1, -0.05) is 11.8 Å². The van der Waals surface area contributed by atoms with Crippen LogP contribution < -0.4 is 0 Å². The van der Waals surface area contributed by atoms with Crippen LogP contribution in [0.25, 0.3) is 15.8 Å². The average Bonchev–Trinajstić information content (AvgIpc) is 3.11. The van der Waals surface area contributed by atoms with Crippen molar-refractivity contribution in [3.63, 3.8) is 0 Å². The number of benzene rings is 1. The summed E-state index contributed by atoms with van der Waals surface area (Å²) in [5.41, 5.74) is 1.77. The summed E-state index contributed by atoms with van der Waals surface area (Å²) < 4.78 is 14.8. The van der Waals surface area contributed by atoms with E-state index in [-0.39, 0.29) is 12.4 Å². The van der Waals surface area contributed by atoms with E-state index in [1.807, 2.05) is 11.4 Å². The summed E-state index contributed by atoms with van der Waals surface area (Å²) in [6.07, 6.45) is 0. The van der Waals surface area contributed by atoms with Gasteiger partial charge in [0, 0.05) is 27.1 Å². The lowest BCUT2D eigenvalue weighted by molar-refractivity contribution is 0.339. The van der Waals surface area contributed by atoms with E-state index >= 15 is 0 Å². The van der Waals surface area contributed by atoms with Gasteiger partial charge in [0.15, 0.2) is 5.17 Å². The Kier molecular flexibility index (Phi) is 2.83. The fraction of sp³-hybridized carbons (Fsp3) is 0.214. The molecule has 3 heterocycles. The number of halogens is 1. The van der Waals surface area contributed by atoms with Gasteiger partial charge in [0.1, 0.15) is 5.82 Å². The zero-order valence-electron chi connectivity index (χ0n) is 10.5. The lowest BCUT2D eigenvalue weighted by atomic mass is 10.1. The van der Waals surface area contributed by atoms with Crippen LogP contribution >= 0.6 is 23.1 Å². The first-order valence-electron chi connectivity index (χ1n) is 6.29. The molecule has 2 aliphatic heterocycles. The molecule has 20 heavy (non-hydrogen) atoms. The van der Waals surface area contributed by atoms with Crippen molar-refractivity contribution in [2.75, 3.05) is 19.7 Å².